The summed E-state index contributed by atoms with van der Waals surface area (Å²) in [5.74, 6) is -1.01. The average molecular weight is 393 g/mol. The van der Waals surface area contributed by atoms with E-state index in [1.807, 2.05) is 55.1 Å². The highest BCUT2D eigenvalue weighted by atomic mass is 19.1. The van der Waals surface area contributed by atoms with E-state index in [4.69, 9.17) is 9.47 Å². The number of carbonyl (C=O) groups is 1. The Morgan fingerprint density at radius 1 is 1.03 bits per heavy atom. The lowest BCUT2D eigenvalue weighted by molar-refractivity contribution is -0.150. The number of esters is 1. The highest BCUT2D eigenvalue weighted by molar-refractivity contribution is 5.78. The van der Waals surface area contributed by atoms with Crippen molar-refractivity contribution in [3.8, 4) is 5.75 Å². The van der Waals surface area contributed by atoms with Crippen LogP contribution in [0.5, 0.6) is 5.75 Å². The molecule has 1 saturated carbocycles. The van der Waals surface area contributed by atoms with Crippen LogP contribution < -0.4 is 4.74 Å². The molecule has 150 valence electrons. The maximum Gasteiger partial charge on any atom is 0.315 e. The minimum atomic E-state index is -0.430. The predicted molar refractivity (Wildman–Crippen MR) is 108 cm³/mol. The second-order valence-corrected chi connectivity index (χ2v) is 8.06. The molecular weight excluding hydrogens is 369 g/mol. The number of hydrogen-bond donors (Lipinski definition) is 0. The van der Waals surface area contributed by atoms with Crippen molar-refractivity contribution in [2.45, 2.75) is 33.1 Å². The van der Waals surface area contributed by atoms with Gasteiger partial charge in [0.1, 0.15) is 12.0 Å². The van der Waals surface area contributed by atoms with Gasteiger partial charge in [-0.15, -0.1) is 0 Å². The standard InChI is InChI=1S/C24H24FNO3/c1-24(2)21(22(24)29-20-11-7-6-10-19(20)25)23(27)28-16-26-13-12-18(15-26)14-17-8-4-3-5-9-17/h3-13,15,21-22H,14,16H2,1-2H3. The molecule has 1 aliphatic rings. The number of ether oxygens (including phenoxy) is 2. The van der Waals surface area contributed by atoms with Crippen molar-refractivity contribution >= 4 is 5.97 Å². The highest BCUT2D eigenvalue weighted by Crippen LogP contribution is 2.54. The zero-order chi connectivity index (χ0) is 20.4. The van der Waals surface area contributed by atoms with Gasteiger partial charge in [0.2, 0.25) is 0 Å². The van der Waals surface area contributed by atoms with Crippen LogP contribution in [0.15, 0.2) is 73.1 Å². The summed E-state index contributed by atoms with van der Waals surface area (Å²) in [4.78, 5) is 12.6. The Labute approximate surface area is 169 Å². The van der Waals surface area contributed by atoms with E-state index in [9.17, 15) is 9.18 Å². The molecule has 0 aliphatic heterocycles. The van der Waals surface area contributed by atoms with Gasteiger partial charge in [-0.25, -0.2) is 4.39 Å². The molecule has 1 heterocycles. The predicted octanol–water partition coefficient (Wildman–Crippen LogP) is 4.82. The van der Waals surface area contributed by atoms with Crippen LogP contribution in [-0.4, -0.2) is 16.6 Å². The summed E-state index contributed by atoms with van der Waals surface area (Å²) in [5.41, 5.74) is 1.99. The molecule has 29 heavy (non-hydrogen) atoms. The monoisotopic (exact) mass is 393 g/mol. The highest BCUT2D eigenvalue weighted by Gasteiger charge is 2.65. The van der Waals surface area contributed by atoms with Crippen LogP contribution in [0.4, 0.5) is 4.39 Å². The van der Waals surface area contributed by atoms with Gasteiger partial charge in [-0.1, -0.05) is 56.3 Å². The Hall–Kier alpha value is -3.08. The maximum absolute atomic E-state index is 13.8. The van der Waals surface area contributed by atoms with Crippen molar-refractivity contribution in [3.63, 3.8) is 0 Å². The molecule has 1 aliphatic carbocycles. The number of carbonyl (C=O) groups excluding carboxylic acids is 1. The van der Waals surface area contributed by atoms with E-state index in [1.54, 1.807) is 18.2 Å². The molecular formula is C24H24FNO3. The lowest BCUT2D eigenvalue weighted by atomic mass is 10.1. The molecule has 0 amide bonds. The van der Waals surface area contributed by atoms with Gasteiger partial charge in [-0.05, 0) is 35.7 Å². The Bertz CT molecular complexity index is 996. The van der Waals surface area contributed by atoms with Gasteiger partial charge in [0.25, 0.3) is 0 Å². The molecule has 2 atom stereocenters. The van der Waals surface area contributed by atoms with Crippen LogP contribution >= 0.6 is 0 Å². The molecule has 0 radical (unpaired) electrons. The van der Waals surface area contributed by atoms with Crippen molar-refractivity contribution in [2.75, 3.05) is 0 Å². The Morgan fingerprint density at radius 2 is 1.76 bits per heavy atom. The molecule has 1 aromatic heterocycles. The van der Waals surface area contributed by atoms with Gasteiger partial charge < -0.3 is 14.0 Å². The summed E-state index contributed by atoms with van der Waals surface area (Å²) in [6, 6.07) is 18.5. The molecule has 0 N–H and O–H groups in total. The largest absolute Gasteiger partial charge is 0.486 e. The Kier molecular flexibility index (Phi) is 5.14. The molecule has 4 nitrogen and oxygen atoms in total. The number of aromatic nitrogens is 1. The van der Waals surface area contributed by atoms with Gasteiger partial charge >= 0.3 is 5.97 Å². The van der Waals surface area contributed by atoms with E-state index >= 15 is 0 Å². The molecule has 0 bridgehead atoms. The van der Waals surface area contributed by atoms with Crippen molar-refractivity contribution in [1.29, 1.82) is 0 Å². The first-order chi connectivity index (χ1) is 13.9. The third kappa shape index (κ3) is 4.19. The summed E-state index contributed by atoms with van der Waals surface area (Å²) < 4.78 is 26.9. The molecule has 1 fully saturated rings. The fourth-order valence-electron chi connectivity index (χ4n) is 3.65. The number of halogens is 1. The van der Waals surface area contributed by atoms with Gasteiger partial charge in [-0.2, -0.15) is 0 Å². The lowest BCUT2D eigenvalue weighted by Crippen LogP contribution is -2.14. The lowest BCUT2D eigenvalue weighted by Gasteiger charge is -2.08. The maximum atomic E-state index is 13.8. The second-order valence-electron chi connectivity index (χ2n) is 8.06. The molecule has 4 rings (SSSR count). The SMILES string of the molecule is CC1(C)C(Oc2ccccc2F)C1C(=O)OCn1ccc(Cc2ccccc2)c1. The molecule has 5 heteroatoms. The van der Waals surface area contributed by atoms with Crippen molar-refractivity contribution < 1.29 is 18.7 Å². The zero-order valence-corrected chi connectivity index (χ0v) is 16.5. The summed E-state index contributed by atoms with van der Waals surface area (Å²) in [5, 5.41) is 0. The fourth-order valence-corrected chi connectivity index (χ4v) is 3.65. The van der Waals surface area contributed by atoms with E-state index in [0.717, 1.165) is 12.0 Å². The minimum Gasteiger partial charge on any atom is -0.486 e. The Balaban J connectivity index is 1.32. The first-order valence-electron chi connectivity index (χ1n) is 9.71. The van der Waals surface area contributed by atoms with Crippen LogP contribution in [-0.2, 0) is 22.7 Å². The first-order valence-corrected chi connectivity index (χ1v) is 9.71. The van der Waals surface area contributed by atoms with E-state index < -0.39 is 23.3 Å². The summed E-state index contributed by atoms with van der Waals surface area (Å²) in [6.45, 7) is 4.00. The van der Waals surface area contributed by atoms with Crippen LogP contribution in [0.3, 0.4) is 0 Å². The van der Waals surface area contributed by atoms with Gasteiger partial charge in [0.15, 0.2) is 18.3 Å². The average Bonchev–Trinajstić information content (AvgIpc) is 3.01. The summed E-state index contributed by atoms with van der Waals surface area (Å²) in [7, 11) is 0. The zero-order valence-electron chi connectivity index (χ0n) is 16.5. The topological polar surface area (TPSA) is 40.5 Å². The fraction of sp³-hybridized carbons (Fsp3) is 0.292. The third-order valence-corrected chi connectivity index (χ3v) is 5.49. The molecule has 2 aromatic carbocycles. The second kappa shape index (κ2) is 7.74. The number of hydrogen-bond acceptors (Lipinski definition) is 3. The molecule has 0 spiro atoms. The van der Waals surface area contributed by atoms with E-state index in [1.165, 1.54) is 11.6 Å². The van der Waals surface area contributed by atoms with Gasteiger partial charge in [-0.3, -0.25) is 4.79 Å². The van der Waals surface area contributed by atoms with Crippen molar-refractivity contribution in [1.82, 2.24) is 4.57 Å². The van der Waals surface area contributed by atoms with Crippen LogP contribution in [0.1, 0.15) is 25.0 Å². The van der Waals surface area contributed by atoms with Crippen LogP contribution in [0.25, 0.3) is 0 Å². The van der Waals surface area contributed by atoms with Crippen molar-refractivity contribution in [3.05, 3.63) is 90.0 Å². The Morgan fingerprint density at radius 3 is 2.52 bits per heavy atom. The van der Waals surface area contributed by atoms with E-state index in [2.05, 4.69) is 12.1 Å². The number of benzene rings is 2. The van der Waals surface area contributed by atoms with Crippen molar-refractivity contribution in [2.24, 2.45) is 11.3 Å². The van der Waals surface area contributed by atoms with E-state index in [-0.39, 0.29) is 18.4 Å². The quantitative estimate of drug-likeness (QED) is 0.540. The molecule has 3 aromatic rings. The smallest absolute Gasteiger partial charge is 0.315 e. The summed E-state index contributed by atoms with van der Waals surface area (Å²) >= 11 is 0. The third-order valence-electron chi connectivity index (χ3n) is 5.49. The van der Waals surface area contributed by atoms with Gasteiger partial charge in [0.05, 0.1) is 0 Å². The summed E-state index contributed by atoms with van der Waals surface area (Å²) in [6.07, 6.45) is 4.31. The van der Waals surface area contributed by atoms with E-state index in [0.29, 0.717) is 0 Å². The normalized spacial score (nSPS) is 19.6. The number of rotatable bonds is 7. The molecule has 2 unspecified atom stereocenters. The number of nitrogens with zero attached hydrogens (tertiary/aromatic N) is 1. The first kappa shape index (κ1) is 19.2. The van der Waals surface area contributed by atoms with Gasteiger partial charge in [0, 0.05) is 17.8 Å². The molecule has 0 saturated heterocycles. The van der Waals surface area contributed by atoms with Crippen LogP contribution in [0.2, 0.25) is 0 Å². The minimum absolute atomic E-state index is 0.145. The van der Waals surface area contributed by atoms with Crippen LogP contribution in [0, 0.1) is 17.2 Å². The number of para-hydroxylation sites is 1.